The number of hydrogen-bond acceptors (Lipinski definition) is 4. The molecule has 2 aliphatic heterocycles. The van der Waals surface area contributed by atoms with E-state index in [2.05, 4.69) is 10.9 Å². The van der Waals surface area contributed by atoms with E-state index in [0.29, 0.717) is 0 Å². The van der Waals surface area contributed by atoms with Crippen molar-refractivity contribution in [1.82, 2.24) is 4.90 Å². The van der Waals surface area contributed by atoms with E-state index >= 15 is 0 Å². The number of aliphatic imine (C=N–C) groups is 1. The first kappa shape index (κ1) is 11.9. The maximum absolute atomic E-state index is 11.6. The molecular formula is C10H13N3O3S. The van der Waals surface area contributed by atoms with Gasteiger partial charge in [-0.3, -0.25) is 4.90 Å². The summed E-state index contributed by atoms with van der Waals surface area (Å²) in [7, 11) is -3.03. The molecule has 1 spiro atoms. The Kier molecular flexibility index (Phi) is 2.62. The number of hydrogen-bond donors (Lipinski definition) is 1. The second kappa shape index (κ2) is 3.74. The van der Waals surface area contributed by atoms with E-state index in [-0.39, 0.29) is 36.7 Å². The highest BCUT2D eigenvalue weighted by molar-refractivity contribution is 7.91. The highest BCUT2D eigenvalue weighted by atomic mass is 32.2. The fraction of sp³-hybridized carbons (Fsp3) is 0.600. The Hall–Kier alpha value is -1.55. The van der Waals surface area contributed by atoms with Gasteiger partial charge < -0.3 is 5.73 Å². The molecule has 0 bridgehead atoms. The van der Waals surface area contributed by atoms with Crippen molar-refractivity contribution in [2.75, 3.05) is 18.1 Å². The minimum atomic E-state index is -3.03. The zero-order valence-electron chi connectivity index (χ0n) is 9.22. The lowest BCUT2D eigenvalue weighted by molar-refractivity contribution is 0.174. The fourth-order valence-corrected chi connectivity index (χ4v) is 3.80. The first-order valence-electron chi connectivity index (χ1n) is 5.21. The van der Waals surface area contributed by atoms with Crippen LogP contribution in [0.2, 0.25) is 0 Å². The molecule has 0 radical (unpaired) electrons. The number of rotatable bonds is 1. The number of amides is 2. The second-order valence-electron chi connectivity index (χ2n) is 4.25. The largest absolute Gasteiger partial charge is 0.385 e. The van der Waals surface area contributed by atoms with E-state index in [9.17, 15) is 13.2 Å². The minimum Gasteiger partial charge on any atom is -0.385 e. The lowest BCUT2D eigenvalue weighted by atomic mass is 9.90. The van der Waals surface area contributed by atoms with Crippen LogP contribution < -0.4 is 5.73 Å². The van der Waals surface area contributed by atoms with Crippen molar-refractivity contribution in [2.24, 2.45) is 10.7 Å². The van der Waals surface area contributed by atoms with Crippen LogP contribution in [0.4, 0.5) is 4.79 Å². The average Bonchev–Trinajstić information content (AvgIpc) is 2.47. The third kappa shape index (κ3) is 1.78. The van der Waals surface area contributed by atoms with Crippen molar-refractivity contribution in [3.05, 3.63) is 0 Å². The molecule has 7 heteroatoms. The van der Waals surface area contributed by atoms with Crippen LogP contribution >= 0.6 is 0 Å². The molecule has 0 aromatic heterocycles. The number of nitrogens with two attached hydrogens (primary N) is 1. The summed E-state index contributed by atoms with van der Waals surface area (Å²) >= 11 is 0. The minimum absolute atomic E-state index is 0.0115. The molecule has 2 rings (SSSR count). The van der Waals surface area contributed by atoms with Crippen LogP contribution in [0, 0.1) is 12.3 Å². The molecule has 0 aliphatic carbocycles. The number of nitrogens with zero attached hydrogens (tertiary/aromatic N) is 2. The van der Waals surface area contributed by atoms with Crippen molar-refractivity contribution in [3.8, 4) is 12.3 Å². The predicted molar refractivity (Wildman–Crippen MR) is 63.2 cm³/mol. The van der Waals surface area contributed by atoms with E-state index in [4.69, 9.17) is 12.2 Å². The van der Waals surface area contributed by atoms with Gasteiger partial charge in [-0.2, -0.15) is 4.99 Å². The summed E-state index contributed by atoms with van der Waals surface area (Å²) in [6, 6.07) is -0.472. The van der Waals surface area contributed by atoms with Crippen LogP contribution in [-0.4, -0.2) is 48.8 Å². The summed E-state index contributed by atoms with van der Waals surface area (Å²) in [5, 5.41) is 0. The number of urea groups is 1. The molecule has 0 saturated carbocycles. The van der Waals surface area contributed by atoms with Crippen molar-refractivity contribution < 1.29 is 13.2 Å². The van der Waals surface area contributed by atoms with E-state index in [1.807, 2.05) is 0 Å². The molecule has 0 aromatic rings. The van der Waals surface area contributed by atoms with Crippen molar-refractivity contribution in [3.63, 3.8) is 0 Å². The summed E-state index contributed by atoms with van der Waals surface area (Å²) in [6.07, 6.45) is 5.76. The zero-order chi connectivity index (χ0) is 12.7. The van der Waals surface area contributed by atoms with Gasteiger partial charge in [0.1, 0.15) is 11.4 Å². The molecule has 2 N–H and O–H groups in total. The summed E-state index contributed by atoms with van der Waals surface area (Å²) in [4.78, 5) is 16.7. The van der Waals surface area contributed by atoms with Gasteiger partial charge >= 0.3 is 6.03 Å². The van der Waals surface area contributed by atoms with E-state index in [1.165, 1.54) is 4.90 Å². The van der Waals surface area contributed by atoms with Crippen LogP contribution in [0.25, 0.3) is 0 Å². The van der Waals surface area contributed by atoms with Crippen LogP contribution in [0.1, 0.15) is 12.8 Å². The fourth-order valence-electron chi connectivity index (χ4n) is 2.30. The highest BCUT2D eigenvalue weighted by Crippen LogP contribution is 2.34. The Bertz CT molecular complexity index is 515. The SMILES string of the molecule is C#CCN1C(=O)N=C(N)C12CCS(=O)(=O)CC2. The third-order valence-corrected chi connectivity index (χ3v) is 5.00. The maximum Gasteiger partial charge on any atom is 0.346 e. The third-order valence-electron chi connectivity index (χ3n) is 3.34. The smallest absolute Gasteiger partial charge is 0.346 e. The summed E-state index contributed by atoms with van der Waals surface area (Å²) in [6.45, 7) is 0.100. The number of amidine groups is 1. The molecule has 17 heavy (non-hydrogen) atoms. The summed E-state index contributed by atoms with van der Waals surface area (Å²) in [5.74, 6) is 2.59. The van der Waals surface area contributed by atoms with Gasteiger partial charge in [0, 0.05) is 0 Å². The lowest BCUT2D eigenvalue weighted by Crippen LogP contribution is -2.58. The quantitative estimate of drug-likeness (QED) is 0.631. The van der Waals surface area contributed by atoms with Gasteiger partial charge in [-0.05, 0) is 12.8 Å². The van der Waals surface area contributed by atoms with Gasteiger partial charge in [-0.1, -0.05) is 5.92 Å². The molecule has 1 fully saturated rings. The standard InChI is InChI=1S/C10H13N3O3S/c1-2-5-13-9(14)12-8(11)10(13)3-6-17(15,16)7-4-10/h1H,3-7H2,(H2,11,12,14). The molecule has 6 nitrogen and oxygen atoms in total. The normalized spacial score (nSPS) is 25.7. The Balaban J connectivity index is 2.33. The van der Waals surface area contributed by atoms with Crippen molar-refractivity contribution in [2.45, 2.75) is 18.4 Å². The molecule has 0 atom stereocenters. The van der Waals surface area contributed by atoms with Crippen molar-refractivity contribution >= 4 is 21.7 Å². The van der Waals surface area contributed by atoms with Gasteiger partial charge in [-0.25, -0.2) is 13.2 Å². The first-order chi connectivity index (χ1) is 7.91. The zero-order valence-corrected chi connectivity index (χ0v) is 10.0. The van der Waals surface area contributed by atoms with Crippen LogP contribution in [-0.2, 0) is 9.84 Å². The molecule has 2 aliphatic rings. The Morgan fingerprint density at radius 1 is 1.47 bits per heavy atom. The maximum atomic E-state index is 11.6. The molecule has 2 amide bonds. The predicted octanol–water partition coefficient (Wildman–Crippen LogP) is -0.640. The Labute approximate surface area is 99.8 Å². The van der Waals surface area contributed by atoms with Gasteiger partial charge in [0.2, 0.25) is 0 Å². The van der Waals surface area contributed by atoms with E-state index in [0.717, 1.165) is 0 Å². The van der Waals surface area contributed by atoms with Crippen LogP contribution in [0.3, 0.4) is 0 Å². The molecule has 92 valence electrons. The van der Waals surface area contributed by atoms with E-state index in [1.54, 1.807) is 0 Å². The Morgan fingerprint density at radius 3 is 2.59 bits per heavy atom. The Morgan fingerprint density at radius 2 is 2.06 bits per heavy atom. The topological polar surface area (TPSA) is 92.8 Å². The van der Waals surface area contributed by atoms with Crippen LogP contribution in [0.15, 0.2) is 4.99 Å². The summed E-state index contributed by atoms with van der Waals surface area (Å²) in [5.41, 5.74) is 4.99. The van der Waals surface area contributed by atoms with Gasteiger partial charge in [0.15, 0.2) is 9.84 Å². The van der Waals surface area contributed by atoms with Crippen LogP contribution in [0.5, 0.6) is 0 Å². The lowest BCUT2D eigenvalue weighted by Gasteiger charge is -2.39. The number of carbonyl (C=O) groups is 1. The number of sulfone groups is 1. The first-order valence-corrected chi connectivity index (χ1v) is 7.03. The highest BCUT2D eigenvalue weighted by Gasteiger charge is 2.50. The number of terminal acetylenes is 1. The van der Waals surface area contributed by atoms with Gasteiger partial charge in [0.05, 0.1) is 18.1 Å². The molecular weight excluding hydrogens is 242 g/mol. The van der Waals surface area contributed by atoms with Gasteiger partial charge in [-0.15, -0.1) is 6.42 Å². The molecule has 1 saturated heterocycles. The summed E-state index contributed by atoms with van der Waals surface area (Å²) < 4.78 is 22.8. The second-order valence-corrected chi connectivity index (χ2v) is 6.56. The van der Waals surface area contributed by atoms with E-state index < -0.39 is 21.4 Å². The van der Waals surface area contributed by atoms with Crippen molar-refractivity contribution in [1.29, 1.82) is 0 Å². The molecule has 2 heterocycles. The average molecular weight is 255 g/mol. The molecule has 0 aromatic carbocycles. The number of carbonyl (C=O) groups excluding carboxylic acids is 1. The molecule has 0 unspecified atom stereocenters. The van der Waals surface area contributed by atoms with Gasteiger partial charge in [0.25, 0.3) is 0 Å². The monoisotopic (exact) mass is 255 g/mol.